The molecule has 166 valence electrons. The molecule has 0 saturated carbocycles. The summed E-state index contributed by atoms with van der Waals surface area (Å²) in [7, 11) is 0. The monoisotopic (exact) mass is 434 g/mol. The summed E-state index contributed by atoms with van der Waals surface area (Å²) in [5.41, 5.74) is 9.85. The number of hydrogen-bond donors (Lipinski definition) is 3. The Morgan fingerprint density at radius 2 is 1.90 bits per heavy atom. The first-order valence-corrected chi connectivity index (χ1v) is 10.2. The normalized spacial score (nSPS) is 19.8. The maximum Gasteiger partial charge on any atom is 0.391 e. The van der Waals surface area contributed by atoms with Gasteiger partial charge in [0, 0.05) is 36.2 Å². The Morgan fingerprint density at radius 1 is 1.16 bits per heavy atom. The van der Waals surface area contributed by atoms with Crippen LogP contribution in [0, 0.1) is 12.8 Å². The number of nitrogens with zero attached hydrogens (tertiary/aromatic N) is 1. The molecule has 2 aliphatic heterocycles. The van der Waals surface area contributed by atoms with E-state index in [1.54, 1.807) is 12.1 Å². The molecule has 31 heavy (non-hydrogen) atoms. The maximum absolute atomic E-state index is 12.9. The van der Waals surface area contributed by atoms with Crippen molar-refractivity contribution in [3.05, 3.63) is 42.0 Å². The van der Waals surface area contributed by atoms with Crippen LogP contribution in [0.2, 0.25) is 0 Å². The molecule has 4 N–H and O–H groups in total. The van der Waals surface area contributed by atoms with Crippen molar-refractivity contribution < 1.29 is 22.7 Å². The van der Waals surface area contributed by atoms with Crippen LogP contribution in [0.4, 0.5) is 35.9 Å². The summed E-state index contributed by atoms with van der Waals surface area (Å²) in [6.45, 7) is 2.84. The van der Waals surface area contributed by atoms with Crippen molar-refractivity contribution in [3.8, 4) is 5.75 Å². The number of halogens is 3. The molecule has 0 aliphatic carbocycles. The molecule has 0 radical (unpaired) electrons. The van der Waals surface area contributed by atoms with E-state index in [2.05, 4.69) is 10.6 Å². The number of aryl methyl sites for hydroxylation is 1. The van der Waals surface area contributed by atoms with Gasteiger partial charge in [0.15, 0.2) is 0 Å². The minimum atomic E-state index is -4.11. The van der Waals surface area contributed by atoms with E-state index in [9.17, 15) is 18.0 Å². The fraction of sp³-hybridized carbons (Fsp3) is 0.409. The van der Waals surface area contributed by atoms with E-state index in [0.717, 1.165) is 22.6 Å². The minimum Gasteiger partial charge on any atom is -0.489 e. The maximum atomic E-state index is 12.9. The lowest BCUT2D eigenvalue weighted by molar-refractivity contribution is -0.179. The summed E-state index contributed by atoms with van der Waals surface area (Å²) in [6.07, 6.45) is -3.86. The van der Waals surface area contributed by atoms with Crippen LogP contribution in [0.15, 0.2) is 36.4 Å². The van der Waals surface area contributed by atoms with E-state index in [-0.39, 0.29) is 25.4 Å². The van der Waals surface area contributed by atoms with Crippen molar-refractivity contribution in [2.45, 2.75) is 32.0 Å². The highest BCUT2D eigenvalue weighted by molar-refractivity contribution is 5.97. The summed E-state index contributed by atoms with van der Waals surface area (Å²) in [6, 6.07) is 10.5. The van der Waals surface area contributed by atoms with Crippen LogP contribution in [-0.2, 0) is 4.79 Å². The molecule has 9 heteroatoms. The fourth-order valence-corrected chi connectivity index (χ4v) is 3.91. The molecule has 2 aromatic carbocycles. The molecule has 0 aromatic heterocycles. The van der Waals surface area contributed by atoms with Gasteiger partial charge in [0.25, 0.3) is 0 Å². The van der Waals surface area contributed by atoms with Crippen molar-refractivity contribution >= 4 is 28.7 Å². The van der Waals surface area contributed by atoms with Gasteiger partial charge in [-0.3, -0.25) is 4.79 Å². The molecule has 2 aliphatic rings. The Balaban J connectivity index is 1.44. The number of piperidine rings is 1. The lowest BCUT2D eigenvalue weighted by atomic mass is 9.96. The molecular formula is C22H25F3N4O2. The largest absolute Gasteiger partial charge is 0.489 e. The Hall–Kier alpha value is -2.94. The number of nitrogens with two attached hydrogens (primary N) is 1. The summed E-state index contributed by atoms with van der Waals surface area (Å²) >= 11 is 0. The van der Waals surface area contributed by atoms with Gasteiger partial charge in [0.1, 0.15) is 18.4 Å². The van der Waals surface area contributed by atoms with Gasteiger partial charge < -0.3 is 26.0 Å². The molecule has 1 fully saturated rings. The third-order valence-electron chi connectivity index (χ3n) is 5.81. The van der Waals surface area contributed by atoms with Gasteiger partial charge in [-0.05, 0) is 55.7 Å². The summed E-state index contributed by atoms with van der Waals surface area (Å²) in [5.74, 6) is -0.959. The van der Waals surface area contributed by atoms with E-state index in [0.29, 0.717) is 24.5 Å². The molecule has 0 spiro atoms. The van der Waals surface area contributed by atoms with E-state index in [4.69, 9.17) is 10.5 Å². The Bertz CT molecular complexity index is 972. The van der Waals surface area contributed by atoms with Crippen molar-refractivity contribution in [1.29, 1.82) is 0 Å². The number of rotatable bonds is 3. The second-order valence-electron chi connectivity index (χ2n) is 8.04. The zero-order valence-electron chi connectivity index (χ0n) is 17.1. The van der Waals surface area contributed by atoms with Gasteiger partial charge in [-0.2, -0.15) is 13.2 Å². The number of ether oxygens (including phenoxy) is 1. The molecular weight excluding hydrogens is 409 g/mol. The highest BCUT2D eigenvalue weighted by Crippen LogP contribution is 2.36. The highest BCUT2D eigenvalue weighted by Gasteiger charge is 2.41. The standard InChI is InChI=1S/C22H25F3N4O2/c1-13-10-16(29-8-6-14(7-9-29)22(23,24)25)3-5-18(13)27-15-2-4-19-20(11-15)31-12-17(26)21(30)28-19/h2-5,10-11,14,17,27H,6-9,12,26H2,1H3,(H,28,30)/t17-/m0/s1. The van der Waals surface area contributed by atoms with Gasteiger partial charge in [0.05, 0.1) is 11.6 Å². The third kappa shape index (κ3) is 4.71. The average molecular weight is 434 g/mol. The quantitative estimate of drug-likeness (QED) is 0.676. The number of hydrogen-bond acceptors (Lipinski definition) is 5. The molecule has 6 nitrogen and oxygen atoms in total. The number of anilines is 4. The van der Waals surface area contributed by atoms with Crippen LogP contribution in [0.5, 0.6) is 5.75 Å². The van der Waals surface area contributed by atoms with Gasteiger partial charge in [-0.25, -0.2) is 0 Å². The van der Waals surface area contributed by atoms with Gasteiger partial charge in [-0.1, -0.05) is 0 Å². The Kier molecular flexibility index (Phi) is 5.70. The predicted molar refractivity (Wildman–Crippen MR) is 114 cm³/mol. The van der Waals surface area contributed by atoms with Crippen molar-refractivity contribution in [2.75, 3.05) is 35.2 Å². The molecule has 4 rings (SSSR count). The van der Waals surface area contributed by atoms with Crippen LogP contribution in [-0.4, -0.2) is 37.8 Å². The second-order valence-corrected chi connectivity index (χ2v) is 8.04. The number of carbonyl (C=O) groups excluding carboxylic acids is 1. The van der Waals surface area contributed by atoms with Crippen molar-refractivity contribution in [1.82, 2.24) is 0 Å². The number of carbonyl (C=O) groups is 1. The molecule has 1 atom stereocenters. The van der Waals surface area contributed by atoms with E-state index in [1.165, 1.54) is 0 Å². The van der Waals surface area contributed by atoms with Gasteiger partial charge in [0.2, 0.25) is 5.91 Å². The molecule has 2 aromatic rings. The zero-order chi connectivity index (χ0) is 22.2. The summed E-state index contributed by atoms with van der Waals surface area (Å²) in [4.78, 5) is 13.8. The lowest BCUT2D eigenvalue weighted by Gasteiger charge is -2.34. The molecule has 0 bridgehead atoms. The molecule has 1 amide bonds. The predicted octanol–water partition coefficient (Wildman–Crippen LogP) is 4.18. The molecule has 2 heterocycles. The van der Waals surface area contributed by atoms with Gasteiger partial charge in [-0.15, -0.1) is 0 Å². The first kappa shape index (κ1) is 21.3. The molecule has 0 unspecified atom stereocenters. The number of amides is 1. The first-order valence-electron chi connectivity index (χ1n) is 10.2. The summed E-state index contributed by atoms with van der Waals surface area (Å²) in [5, 5.41) is 6.07. The van der Waals surface area contributed by atoms with Crippen LogP contribution in [0.3, 0.4) is 0 Å². The Morgan fingerprint density at radius 3 is 2.58 bits per heavy atom. The van der Waals surface area contributed by atoms with E-state index in [1.807, 2.05) is 36.1 Å². The lowest BCUT2D eigenvalue weighted by Crippen LogP contribution is -2.39. The molecule has 1 saturated heterocycles. The van der Waals surface area contributed by atoms with E-state index >= 15 is 0 Å². The fourth-order valence-electron chi connectivity index (χ4n) is 3.91. The number of nitrogens with one attached hydrogen (secondary N) is 2. The van der Waals surface area contributed by atoms with Crippen LogP contribution >= 0.6 is 0 Å². The van der Waals surface area contributed by atoms with Gasteiger partial charge >= 0.3 is 6.18 Å². The number of alkyl halides is 3. The highest BCUT2D eigenvalue weighted by atomic mass is 19.4. The van der Waals surface area contributed by atoms with E-state index < -0.39 is 18.1 Å². The van der Waals surface area contributed by atoms with Crippen LogP contribution < -0.4 is 26.0 Å². The number of benzene rings is 2. The summed E-state index contributed by atoms with van der Waals surface area (Å²) < 4.78 is 44.3. The number of fused-ring (bicyclic) bond motifs is 1. The topological polar surface area (TPSA) is 79.6 Å². The third-order valence-corrected chi connectivity index (χ3v) is 5.81. The van der Waals surface area contributed by atoms with Crippen molar-refractivity contribution in [2.24, 2.45) is 11.7 Å². The average Bonchev–Trinajstić information content (AvgIpc) is 2.87. The van der Waals surface area contributed by atoms with Crippen molar-refractivity contribution in [3.63, 3.8) is 0 Å². The zero-order valence-corrected chi connectivity index (χ0v) is 17.1. The first-order chi connectivity index (χ1) is 14.7. The smallest absolute Gasteiger partial charge is 0.391 e. The van der Waals surface area contributed by atoms with Crippen LogP contribution in [0.1, 0.15) is 18.4 Å². The SMILES string of the molecule is Cc1cc(N2CCC(C(F)(F)F)CC2)ccc1Nc1ccc2c(c1)OC[C@H](N)C(=O)N2. The minimum absolute atomic E-state index is 0.0983. The Labute approximate surface area is 178 Å². The second kappa shape index (κ2) is 8.30. The van der Waals surface area contributed by atoms with Crippen LogP contribution in [0.25, 0.3) is 0 Å².